The van der Waals surface area contributed by atoms with Crippen molar-refractivity contribution in [3.63, 3.8) is 0 Å². The van der Waals surface area contributed by atoms with Crippen molar-refractivity contribution in [1.82, 2.24) is 0 Å². The number of carboxylic acids is 1. The molecule has 2 atom stereocenters. The van der Waals surface area contributed by atoms with Crippen LogP contribution < -0.4 is 0 Å². The van der Waals surface area contributed by atoms with Gasteiger partial charge in [-0.05, 0) is 51.4 Å². The minimum absolute atomic E-state index is 0.184. The van der Waals surface area contributed by atoms with Gasteiger partial charge in [-0.1, -0.05) is 307 Å². The van der Waals surface area contributed by atoms with E-state index in [1.807, 2.05) is 21.1 Å². The molecule has 0 fully saturated rings. The van der Waals surface area contributed by atoms with Gasteiger partial charge in [0.05, 0.1) is 34.4 Å². The zero-order chi connectivity index (χ0) is 57.6. The summed E-state index contributed by atoms with van der Waals surface area (Å²) < 4.78 is 22.9. The molecule has 0 aromatic carbocycles. The summed E-state index contributed by atoms with van der Waals surface area (Å²) >= 11 is 0. The monoisotopic (exact) mass is 1110 g/mol. The van der Waals surface area contributed by atoms with Crippen molar-refractivity contribution in [2.45, 2.75) is 347 Å². The minimum Gasteiger partial charge on any atom is -0.477 e. The van der Waals surface area contributed by atoms with E-state index in [1.165, 1.54) is 244 Å². The Morgan fingerprint density at radius 2 is 0.684 bits per heavy atom. The molecule has 0 spiro atoms. The first-order valence-electron chi connectivity index (χ1n) is 34.2. The summed E-state index contributed by atoms with van der Waals surface area (Å²) in [5.41, 5.74) is 0. The molecule has 0 saturated heterocycles. The third-order valence-corrected chi connectivity index (χ3v) is 15.4. The van der Waals surface area contributed by atoms with Crippen molar-refractivity contribution in [2.24, 2.45) is 0 Å². The number of carboxylic acid groups (broad SMARTS) is 1. The van der Waals surface area contributed by atoms with E-state index in [2.05, 4.69) is 50.3 Å². The highest BCUT2D eigenvalue weighted by atomic mass is 16.7. The van der Waals surface area contributed by atoms with Gasteiger partial charge >= 0.3 is 17.9 Å². The maximum Gasteiger partial charge on any atom is 0.361 e. The van der Waals surface area contributed by atoms with E-state index >= 15 is 0 Å². The van der Waals surface area contributed by atoms with Crippen LogP contribution >= 0.6 is 0 Å². The average molecular weight is 1120 g/mol. The fourth-order valence-electron chi connectivity index (χ4n) is 10.1. The fraction of sp³-hybridized carbons (Fsp3) is 0.871. The molecule has 0 aromatic rings. The van der Waals surface area contributed by atoms with Gasteiger partial charge < -0.3 is 28.5 Å². The van der Waals surface area contributed by atoms with Crippen molar-refractivity contribution >= 4 is 17.9 Å². The molecule has 79 heavy (non-hydrogen) atoms. The summed E-state index contributed by atoms with van der Waals surface area (Å²) in [6.45, 7) is 4.89. The second-order valence-corrected chi connectivity index (χ2v) is 24.5. The number of carbonyl (C=O) groups excluding carboxylic acids is 2. The van der Waals surface area contributed by atoms with Gasteiger partial charge in [0.1, 0.15) is 13.2 Å². The summed E-state index contributed by atoms with van der Waals surface area (Å²) in [5.74, 6) is -2.00. The molecular formula is C70H132NO8+. The Balaban J connectivity index is 4.01. The topological polar surface area (TPSA) is 108 Å². The molecule has 0 heterocycles. The van der Waals surface area contributed by atoms with Crippen LogP contribution in [0.2, 0.25) is 0 Å². The summed E-state index contributed by atoms with van der Waals surface area (Å²) in [4.78, 5) is 37.5. The number of carbonyl (C=O) groups is 3. The number of aliphatic carboxylic acids is 1. The molecule has 0 radical (unpaired) electrons. The van der Waals surface area contributed by atoms with Gasteiger partial charge in [0.2, 0.25) is 0 Å². The van der Waals surface area contributed by atoms with Gasteiger partial charge in [-0.3, -0.25) is 9.59 Å². The number of quaternary nitrogens is 1. The van der Waals surface area contributed by atoms with Crippen molar-refractivity contribution in [1.29, 1.82) is 0 Å². The number of nitrogens with zero attached hydrogens (tertiary/aromatic N) is 1. The van der Waals surface area contributed by atoms with E-state index in [4.69, 9.17) is 18.9 Å². The van der Waals surface area contributed by atoms with Crippen LogP contribution in [0.4, 0.5) is 0 Å². The number of likely N-dealkylation sites (N-methyl/N-ethyl adjacent to an activating group) is 1. The second-order valence-electron chi connectivity index (χ2n) is 24.5. The molecule has 0 aliphatic heterocycles. The lowest BCUT2D eigenvalue weighted by Gasteiger charge is -2.25. The molecule has 1 N–H and O–H groups in total. The molecule has 9 nitrogen and oxygen atoms in total. The first kappa shape index (κ1) is 76.5. The summed E-state index contributed by atoms with van der Waals surface area (Å²) in [5, 5.41) is 9.72. The largest absolute Gasteiger partial charge is 0.477 e. The molecule has 9 heteroatoms. The normalized spacial score (nSPS) is 12.9. The van der Waals surface area contributed by atoms with Crippen LogP contribution in [0.3, 0.4) is 0 Å². The van der Waals surface area contributed by atoms with E-state index < -0.39 is 24.3 Å². The Morgan fingerprint density at radius 3 is 1.04 bits per heavy atom. The van der Waals surface area contributed by atoms with Crippen molar-refractivity contribution < 1.29 is 42.9 Å². The number of hydrogen-bond donors (Lipinski definition) is 1. The van der Waals surface area contributed by atoms with Crippen molar-refractivity contribution in [2.75, 3.05) is 47.5 Å². The molecule has 464 valence electrons. The predicted molar refractivity (Wildman–Crippen MR) is 337 cm³/mol. The molecule has 2 unspecified atom stereocenters. The Morgan fingerprint density at radius 1 is 0.380 bits per heavy atom. The highest BCUT2D eigenvalue weighted by molar-refractivity contribution is 5.71. The van der Waals surface area contributed by atoms with E-state index in [-0.39, 0.29) is 32.2 Å². The van der Waals surface area contributed by atoms with Gasteiger partial charge in [-0.2, -0.15) is 0 Å². The number of allylic oxidation sites excluding steroid dienone is 6. The van der Waals surface area contributed by atoms with Crippen LogP contribution in [0.15, 0.2) is 36.5 Å². The van der Waals surface area contributed by atoms with Crippen LogP contribution in [0, 0.1) is 0 Å². The standard InChI is InChI=1S/C70H131NO8/c1-6-8-10-12-14-16-18-20-22-24-26-27-28-29-30-31-32-33-34-35-36-37-38-39-40-41-43-44-46-48-50-52-54-56-58-60-67(72)77-64-66(65-78-70(69(74)75)76-63-62-71(3,4)5)79-68(73)61-59-57-55-53-51-49-47-45-42-25-23-21-19-17-15-13-11-9-7-2/h15,17,21,23,42,45,66,70H,6-14,16,18-20,22,24-41,43-44,46-65H2,1-5H3/p+1/b17-15-,23-21-,45-42-. The number of rotatable bonds is 64. The maximum absolute atomic E-state index is 12.9. The van der Waals surface area contributed by atoms with E-state index in [0.717, 1.165) is 57.8 Å². The number of ether oxygens (including phenoxy) is 4. The molecule has 0 aromatic heterocycles. The number of esters is 2. The lowest BCUT2D eigenvalue weighted by atomic mass is 10.0. The molecule has 0 aliphatic carbocycles. The summed E-state index contributed by atoms with van der Waals surface area (Å²) in [6.07, 6.45) is 74.1. The SMILES string of the molecule is CCCCC/C=C\C/C=C\C/C=C\CCCCCCCCC(=O)OC(COC(=O)CCCCCCCCCCCCCCCCCCCCCCCCCCCCCCCCCCCCC)COC(OCC[N+](C)(C)C)C(=O)O. The van der Waals surface area contributed by atoms with Gasteiger partial charge in [-0.15, -0.1) is 0 Å². The summed E-state index contributed by atoms with van der Waals surface area (Å²) in [7, 11) is 5.98. The lowest BCUT2D eigenvalue weighted by Crippen LogP contribution is -2.40. The van der Waals surface area contributed by atoms with Gasteiger partial charge in [-0.25, -0.2) is 4.79 Å². The van der Waals surface area contributed by atoms with Crippen molar-refractivity contribution in [3.05, 3.63) is 36.5 Å². The minimum atomic E-state index is -1.51. The molecule has 0 bridgehead atoms. The summed E-state index contributed by atoms with van der Waals surface area (Å²) in [6, 6.07) is 0. The fourth-order valence-corrected chi connectivity index (χ4v) is 10.1. The van der Waals surface area contributed by atoms with Crippen LogP contribution in [-0.4, -0.2) is 87.4 Å². The van der Waals surface area contributed by atoms with Crippen LogP contribution in [-0.2, 0) is 33.3 Å². The Kier molecular flexibility index (Phi) is 59.6. The van der Waals surface area contributed by atoms with Gasteiger partial charge in [0.15, 0.2) is 6.10 Å². The van der Waals surface area contributed by atoms with E-state index in [9.17, 15) is 19.5 Å². The zero-order valence-corrected chi connectivity index (χ0v) is 53.1. The van der Waals surface area contributed by atoms with E-state index in [0.29, 0.717) is 23.9 Å². The lowest BCUT2D eigenvalue weighted by molar-refractivity contribution is -0.870. The maximum atomic E-state index is 12.9. The first-order chi connectivity index (χ1) is 38.6. The second kappa shape index (κ2) is 61.6. The highest BCUT2D eigenvalue weighted by Gasteiger charge is 2.25. The number of hydrogen-bond acceptors (Lipinski definition) is 7. The van der Waals surface area contributed by atoms with Crippen LogP contribution in [0.1, 0.15) is 335 Å². The first-order valence-corrected chi connectivity index (χ1v) is 34.2. The molecule has 0 aliphatic rings. The number of unbranched alkanes of at least 4 members (excludes halogenated alkanes) is 43. The van der Waals surface area contributed by atoms with E-state index in [1.54, 1.807) is 0 Å². The quantitative estimate of drug-likeness (QED) is 0.0211. The third-order valence-electron chi connectivity index (χ3n) is 15.4. The Bertz CT molecular complexity index is 1390. The van der Waals surface area contributed by atoms with Crippen LogP contribution in [0.5, 0.6) is 0 Å². The van der Waals surface area contributed by atoms with Gasteiger partial charge in [0, 0.05) is 12.8 Å². The highest BCUT2D eigenvalue weighted by Crippen LogP contribution is 2.19. The molecule has 0 rings (SSSR count). The van der Waals surface area contributed by atoms with Gasteiger partial charge in [0.25, 0.3) is 6.29 Å². The average Bonchev–Trinajstić information content (AvgIpc) is 3.42. The van der Waals surface area contributed by atoms with Crippen LogP contribution in [0.25, 0.3) is 0 Å². The Hall–Kier alpha value is -2.49. The zero-order valence-electron chi connectivity index (χ0n) is 53.1. The molecular weight excluding hydrogens is 983 g/mol. The van der Waals surface area contributed by atoms with Crippen molar-refractivity contribution in [3.8, 4) is 0 Å². The Labute approximate surface area is 490 Å². The smallest absolute Gasteiger partial charge is 0.361 e. The third kappa shape index (κ3) is 63.0. The molecule has 0 saturated carbocycles. The molecule has 0 amide bonds. The predicted octanol–water partition coefficient (Wildman–Crippen LogP) is 20.8.